The highest BCUT2D eigenvalue weighted by Gasteiger charge is 2.23. The van der Waals surface area contributed by atoms with E-state index < -0.39 is 9.84 Å². The molecule has 0 amide bonds. The monoisotopic (exact) mass is 496 g/mol. The molecule has 2 aromatic heterocycles. The lowest BCUT2D eigenvalue weighted by atomic mass is 10.0. The molecule has 0 aliphatic carbocycles. The van der Waals surface area contributed by atoms with Gasteiger partial charge in [-0.1, -0.05) is 12.1 Å². The Morgan fingerprint density at radius 2 is 1.94 bits per heavy atom. The lowest BCUT2D eigenvalue weighted by molar-refractivity contribution is 0.323. The molecule has 0 atom stereocenters. The van der Waals surface area contributed by atoms with Gasteiger partial charge in [-0.2, -0.15) is 0 Å². The molecule has 2 aromatic carbocycles. The molecule has 10 heteroatoms. The fourth-order valence-electron chi connectivity index (χ4n) is 4.49. The van der Waals surface area contributed by atoms with Crippen molar-refractivity contribution in [2.45, 2.75) is 19.2 Å². The SMILES string of the molecule is Cc1nc2c(CS(C)(=O)=O)cc(-c3cn(C)c(=O)c4c3OCCN4)cc2n1Cc1ccc(F)cc1. The van der Waals surface area contributed by atoms with Crippen LogP contribution in [0.1, 0.15) is 17.0 Å². The molecule has 0 radical (unpaired) electrons. The van der Waals surface area contributed by atoms with Crippen LogP contribution in [0.3, 0.4) is 0 Å². The summed E-state index contributed by atoms with van der Waals surface area (Å²) in [5.41, 5.74) is 4.37. The Morgan fingerprint density at radius 1 is 1.20 bits per heavy atom. The second-order valence-electron chi connectivity index (χ2n) is 8.88. The molecule has 0 spiro atoms. The van der Waals surface area contributed by atoms with Crippen molar-refractivity contribution in [1.82, 2.24) is 14.1 Å². The number of hydrogen-bond donors (Lipinski definition) is 1. The number of imidazole rings is 1. The zero-order valence-corrected chi connectivity index (χ0v) is 20.4. The Balaban J connectivity index is 1.76. The Kier molecular flexibility index (Phi) is 5.63. The third-order valence-electron chi connectivity index (χ3n) is 6.09. The maximum absolute atomic E-state index is 13.4. The van der Waals surface area contributed by atoms with E-state index in [1.165, 1.54) is 23.0 Å². The van der Waals surface area contributed by atoms with E-state index in [1.54, 1.807) is 31.4 Å². The van der Waals surface area contributed by atoms with E-state index in [4.69, 9.17) is 9.72 Å². The molecule has 1 N–H and O–H groups in total. The van der Waals surface area contributed by atoms with Crippen LogP contribution in [0.5, 0.6) is 5.75 Å². The standard InChI is InChI=1S/C25H25FN4O4S/c1-15-28-22-18(14-35(3,32)33)10-17(11-21(22)30(15)12-16-4-6-19(26)7-5-16)20-13-29(2)25(31)23-24(20)34-9-8-27-23/h4-7,10-11,13,27H,8-9,12,14H2,1-3H3. The van der Waals surface area contributed by atoms with Gasteiger partial charge in [-0.15, -0.1) is 0 Å². The van der Waals surface area contributed by atoms with Crippen LogP contribution in [-0.2, 0) is 29.2 Å². The third kappa shape index (κ3) is 4.41. The molecule has 0 bridgehead atoms. The number of benzene rings is 2. The van der Waals surface area contributed by atoms with Crippen LogP contribution < -0.4 is 15.6 Å². The first-order valence-electron chi connectivity index (χ1n) is 11.1. The molecule has 0 saturated heterocycles. The van der Waals surface area contributed by atoms with Gasteiger partial charge < -0.3 is 19.2 Å². The quantitative estimate of drug-likeness (QED) is 0.456. The largest absolute Gasteiger partial charge is 0.489 e. The average molecular weight is 497 g/mol. The lowest BCUT2D eigenvalue weighted by Crippen LogP contribution is -2.28. The Hall–Kier alpha value is -3.66. The number of halogens is 1. The van der Waals surface area contributed by atoms with Gasteiger partial charge in [-0.25, -0.2) is 17.8 Å². The number of rotatable bonds is 5. The normalized spacial score (nSPS) is 13.4. The van der Waals surface area contributed by atoms with Gasteiger partial charge in [0.1, 0.15) is 23.9 Å². The van der Waals surface area contributed by atoms with E-state index in [0.29, 0.717) is 59.2 Å². The van der Waals surface area contributed by atoms with Gasteiger partial charge in [-0.05, 0) is 47.9 Å². The summed E-state index contributed by atoms with van der Waals surface area (Å²) >= 11 is 0. The van der Waals surface area contributed by atoms with Crippen LogP contribution in [0.15, 0.2) is 47.4 Å². The van der Waals surface area contributed by atoms with Gasteiger partial charge in [-0.3, -0.25) is 4.79 Å². The van der Waals surface area contributed by atoms with Crippen molar-refractivity contribution in [3.05, 3.63) is 75.7 Å². The van der Waals surface area contributed by atoms with Gasteiger partial charge in [0.05, 0.1) is 16.8 Å². The predicted octanol–water partition coefficient (Wildman–Crippen LogP) is 3.25. The average Bonchev–Trinajstić information content (AvgIpc) is 3.12. The van der Waals surface area contributed by atoms with Gasteiger partial charge in [0, 0.05) is 38.2 Å². The first-order chi connectivity index (χ1) is 16.6. The molecule has 5 rings (SSSR count). The second kappa shape index (κ2) is 8.53. The molecule has 8 nitrogen and oxygen atoms in total. The number of pyridine rings is 1. The fraction of sp³-hybridized carbons (Fsp3) is 0.280. The van der Waals surface area contributed by atoms with E-state index in [2.05, 4.69) is 5.32 Å². The summed E-state index contributed by atoms with van der Waals surface area (Å²) in [5, 5.41) is 3.12. The predicted molar refractivity (Wildman–Crippen MR) is 133 cm³/mol. The van der Waals surface area contributed by atoms with Crippen molar-refractivity contribution in [3.8, 4) is 16.9 Å². The Morgan fingerprint density at radius 3 is 2.66 bits per heavy atom. The Labute approximate surface area is 201 Å². The number of fused-ring (bicyclic) bond motifs is 2. The van der Waals surface area contributed by atoms with Crippen molar-refractivity contribution in [3.63, 3.8) is 0 Å². The van der Waals surface area contributed by atoms with Crippen molar-refractivity contribution in [2.75, 3.05) is 24.7 Å². The highest BCUT2D eigenvalue weighted by Crippen LogP contribution is 2.38. The molecular formula is C25H25FN4O4S. The second-order valence-corrected chi connectivity index (χ2v) is 11.0. The summed E-state index contributed by atoms with van der Waals surface area (Å²) in [5.74, 6) is 0.658. The van der Waals surface area contributed by atoms with E-state index in [1.807, 2.05) is 17.6 Å². The summed E-state index contributed by atoms with van der Waals surface area (Å²) in [6.45, 7) is 3.23. The highest BCUT2D eigenvalue weighted by atomic mass is 32.2. The zero-order valence-electron chi connectivity index (χ0n) is 19.6. The summed E-state index contributed by atoms with van der Waals surface area (Å²) < 4.78 is 47.4. The first-order valence-corrected chi connectivity index (χ1v) is 13.2. The number of nitrogens with one attached hydrogen (secondary N) is 1. The fourth-order valence-corrected chi connectivity index (χ4v) is 5.27. The minimum absolute atomic E-state index is 0.183. The summed E-state index contributed by atoms with van der Waals surface area (Å²) in [7, 11) is -1.69. The van der Waals surface area contributed by atoms with Crippen molar-refractivity contribution < 1.29 is 17.5 Å². The lowest BCUT2D eigenvalue weighted by Gasteiger charge is -2.22. The smallest absolute Gasteiger partial charge is 0.277 e. The molecule has 35 heavy (non-hydrogen) atoms. The van der Waals surface area contributed by atoms with Crippen LogP contribution in [0.2, 0.25) is 0 Å². The van der Waals surface area contributed by atoms with Gasteiger partial charge in [0.15, 0.2) is 15.6 Å². The van der Waals surface area contributed by atoms with Gasteiger partial charge in [0.2, 0.25) is 0 Å². The highest BCUT2D eigenvalue weighted by molar-refractivity contribution is 7.89. The van der Waals surface area contributed by atoms with E-state index in [-0.39, 0.29) is 17.1 Å². The van der Waals surface area contributed by atoms with E-state index >= 15 is 0 Å². The minimum atomic E-state index is -3.36. The number of aromatic nitrogens is 3. The maximum Gasteiger partial charge on any atom is 0.277 e. The summed E-state index contributed by atoms with van der Waals surface area (Å²) in [6, 6.07) is 9.98. The van der Waals surface area contributed by atoms with E-state index in [0.717, 1.165) is 11.1 Å². The number of sulfone groups is 1. The van der Waals surface area contributed by atoms with Crippen LogP contribution >= 0.6 is 0 Å². The van der Waals surface area contributed by atoms with Crippen molar-refractivity contribution >= 4 is 26.6 Å². The molecule has 0 fully saturated rings. The molecule has 182 valence electrons. The van der Waals surface area contributed by atoms with E-state index in [9.17, 15) is 17.6 Å². The van der Waals surface area contributed by atoms with Crippen molar-refractivity contribution in [2.24, 2.45) is 7.05 Å². The number of hydrogen-bond acceptors (Lipinski definition) is 6. The van der Waals surface area contributed by atoms with Crippen LogP contribution in [0.4, 0.5) is 10.1 Å². The summed E-state index contributed by atoms with van der Waals surface area (Å²) in [6.07, 6.45) is 2.89. The molecule has 4 aromatic rings. The first kappa shape index (κ1) is 23.1. The third-order valence-corrected chi connectivity index (χ3v) is 6.92. The van der Waals surface area contributed by atoms with Crippen LogP contribution in [-0.4, -0.2) is 41.9 Å². The maximum atomic E-state index is 13.4. The van der Waals surface area contributed by atoms with Crippen LogP contribution in [0.25, 0.3) is 22.2 Å². The van der Waals surface area contributed by atoms with Crippen LogP contribution in [0, 0.1) is 12.7 Å². The summed E-state index contributed by atoms with van der Waals surface area (Å²) in [4.78, 5) is 17.3. The molecular weight excluding hydrogens is 471 g/mol. The minimum Gasteiger partial charge on any atom is -0.489 e. The molecule has 0 saturated carbocycles. The van der Waals surface area contributed by atoms with Gasteiger partial charge >= 0.3 is 0 Å². The topological polar surface area (TPSA) is 95.2 Å². The number of nitrogens with zero attached hydrogens (tertiary/aromatic N) is 3. The number of ether oxygens (including phenoxy) is 1. The number of anilines is 1. The molecule has 0 unspecified atom stereocenters. The molecule has 1 aliphatic rings. The number of aryl methyl sites for hydroxylation is 2. The Bertz CT molecular complexity index is 1620. The van der Waals surface area contributed by atoms with Gasteiger partial charge in [0.25, 0.3) is 5.56 Å². The zero-order chi connectivity index (χ0) is 24.9. The molecule has 1 aliphatic heterocycles. The molecule has 3 heterocycles. The van der Waals surface area contributed by atoms with Crippen molar-refractivity contribution in [1.29, 1.82) is 0 Å².